The van der Waals surface area contributed by atoms with E-state index in [4.69, 9.17) is 4.74 Å². The lowest BCUT2D eigenvalue weighted by atomic mass is 9.86. The second kappa shape index (κ2) is 4.76. The molecule has 2 amide bonds. The first-order valence-corrected chi connectivity index (χ1v) is 5.70. The van der Waals surface area contributed by atoms with Gasteiger partial charge in [-0.25, -0.2) is 4.39 Å². The molecule has 18 heavy (non-hydrogen) atoms. The minimum absolute atomic E-state index is 0.160. The van der Waals surface area contributed by atoms with E-state index in [0.717, 1.165) is 0 Å². The number of hydrogen-bond donors (Lipinski definition) is 1. The van der Waals surface area contributed by atoms with Crippen LogP contribution in [-0.4, -0.2) is 18.9 Å². The molecule has 2 atom stereocenters. The lowest BCUT2D eigenvalue weighted by molar-refractivity contribution is -0.126. The topological polar surface area (TPSA) is 55.4 Å². The summed E-state index contributed by atoms with van der Waals surface area (Å²) in [6.45, 7) is 1.81. The molecule has 96 valence electrons. The molecule has 4 nitrogen and oxygen atoms in total. The van der Waals surface area contributed by atoms with Gasteiger partial charge in [0.05, 0.1) is 13.0 Å². The van der Waals surface area contributed by atoms with Gasteiger partial charge in [-0.1, -0.05) is 13.0 Å². The predicted octanol–water partition coefficient (Wildman–Crippen LogP) is 1.60. The minimum Gasteiger partial charge on any atom is -0.494 e. The number of imide groups is 1. The molecule has 2 unspecified atom stereocenters. The van der Waals surface area contributed by atoms with Crippen molar-refractivity contribution in [3.63, 3.8) is 0 Å². The maximum atomic E-state index is 13.6. The van der Waals surface area contributed by atoms with E-state index in [0.29, 0.717) is 5.56 Å². The molecule has 0 radical (unpaired) electrons. The highest BCUT2D eigenvalue weighted by molar-refractivity contribution is 6.03. The van der Waals surface area contributed by atoms with E-state index < -0.39 is 11.7 Å². The van der Waals surface area contributed by atoms with Crippen LogP contribution in [0.25, 0.3) is 0 Å². The van der Waals surface area contributed by atoms with Gasteiger partial charge in [0.2, 0.25) is 11.8 Å². The van der Waals surface area contributed by atoms with Crippen LogP contribution in [0.4, 0.5) is 4.39 Å². The molecule has 0 bridgehead atoms. The summed E-state index contributed by atoms with van der Waals surface area (Å²) in [5, 5.41) is 2.26. The Morgan fingerprint density at radius 2 is 2.17 bits per heavy atom. The Bertz CT molecular complexity index is 501. The molecule has 1 aromatic rings. The van der Waals surface area contributed by atoms with Crippen molar-refractivity contribution in [3.05, 3.63) is 29.6 Å². The van der Waals surface area contributed by atoms with E-state index >= 15 is 0 Å². The Balaban J connectivity index is 2.23. The summed E-state index contributed by atoms with van der Waals surface area (Å²) in [5.41, 5.74) is 0.683. The number of nitrogens with one attached hydrogen (secondary N) is 1. The number of methoxy groups -OCH3 is 1. The highest BCUT2D eigenvalue weighted by atomic mass is 19.1. The molecular formula is C13H14FNO3. The van der Waals surface area contributed by atoms with Crippen LogP contribution in [0, 0.1) is 11.7 Å². The lowest BCUT2D eigenvalue weighted by Crippen LogP contribution is -2.24. The molecule has 1 aliphatic heterocycles. The predicted molar refractivity (Wildman–Crippen MR) is 62.6 cm³/mol. The average molecular weight is 251 g/mol. The molecule has 2 rings (SSSR count). The fourth-order valence-electron chi connectivity index (χ4n) is 2.18. The third-order valence-electron chi connectivity index (χ3n) is 3.31. The van der Waals surface area contributed by atoms with Crippen LogP contribution in [0.1, 0.15) is 24.8 Å². The van der Waals surface area contributed by atoms with E-state index in [1.165, 1.54) is 19.2 Å². The summed E-state index contributed by atoms with van der Waals surface area (Å²) in [7, 11) is 1.39. The largest absolute Gasteiger partial charge is 0.494 e. The third kappa shape index (κ3) is 2.20. The van der Waals surface area contributed by atoms with Crippen molar-refractivity contribution in [2.45, 2.75) is 19.3 Å². The number of benzene rings is 1. The van der Waals surface area contributed by atoms with Crippen molar-refractivity contribution in [2.75, 3.05) is 7.11 Å². The number of hydrogen-bond acceptors (Lipinski definition) is 3. The highest BCUT2D eigenvalue weighted by Gasteiger charge is 2.35. The minimum atomic E-state index is -0.466. The Kier molecular flexibility index (Phi) is 3.32. The molecule has 1 N–H and O–H groups in total. The first-order chi connectivity index (χ1) is 8.52. The molecule has 0 saturated carbocycles. The summed E-state index contributed by atoms with van der Waals surface area (Å²) < 4.78 is 18.4. The van der Waals surface area contributed by atoms with Crippen LogP contribution < -0.4 is 10.1 Å². The zero-order valence-electron chi connectivity index (χ0n) is 10.2. The quantitative estimate of drug-likeness (QED) is 0.830. The summed E-state index contributed by atoms with van der Waals surface area (Å²) in [5.74, 6) is -1.50. The van der Waals surface area contributed by atoms with Crippen LogP contribution in [0.5, 0.6) is 5.75 Å². The second-order valence-electron chi connectivity index (χ2n) is 4.41. The Morgan fingerprint density at radius 1 is 1.44 bits per heavy atom. The molecule has 0 aliphatic carbocycles. The zero-order valence-corrected chi connectivity index (χ0v) is 10.2. The second-order valence-corrected chi connectivity index (χ2v) is 4.41. The molecule has 5 heteroatoms. The van der Waals surface area contributed by atoms with Gasteiger partial charge in [-0.2, -0.15) is 0 Å². The van der Waals surface area contributed by atoms with E-state index in [9.17, 15) is 14.0 Å². The van der Waals surface area contributed by atoms with Crippen molar-refractivity contribution in [1.29, 1.82) is 0 Å². The van der Waals surface area contributed by atoms with Gasteiger partial charge in [-0.3, -0.25) is 14.9 Å². The summed E-state index contributed by atoms with van der Waals surface area (Å²) in [6.07, 6.45) is 0.160. The van der Waals surface area contributed by atoms with E-state index in [1.807, 2.05) is 6.92 Å². The standard InChI is InChI=1S/C13H14FNO3/c1-7(9-6-12(16)15-13(9)17)8-3-4-11(18-2)10(14)5-8/h3-5,7,9H,6H2,1-2H3,(H,15,16,17). The molecular weight excluding hydrogens is 237 g/mol. The van der Waals surface area contributed by atoms with Crippen LogP contribution in [0.15, 0.2) is 18.2 Å². The van der Waals surface area contributed by atoms with Gasteiger partial charge in [-0.15, -0.1) is 0 Å². The third-order valence-corrected chi connectivity index (χ3v) is 3.31. The van der Waals surface area contributed by atoms with E-state index in [-0.39, 0.29) is 29.9 Å². The molecule has 1 heterocycles. The summed E-state index contributed by atoms with van der Waals surface area (Å²) in [4.78, 5) is 22.7. The molecule has 1 aliphatic rings. The van der Waals surface area contributed by atoms with Gasteiger partial charge in [0.15, 0.2) is 11.6 Å². The maximum Gasteiger partial charge on any atom is 0.230 e. The molecule has 0 spiro atoms. The van der Waals surface area contributed by atoms with Crippen molar-refractivity contribution in [2.24, 2.45) is 5.92 Å². The first kappa shape index (κ1) is 12.5. The number of rotatable bonds is 3. The van der Waals surface area contributed by atoms with Crippen molar-refractivity contribution >= 4 is 11.8 Å². The number of carbonyl (C=O) groups is 2. The first-order valence-electron chi connectivity index (χ1n) is 5.70. The smallest absolute Gasteiger partial charge is 0.230 e. The van der Waals surface area contributed by atoms with Gasteiger partial charge < -0.3 is 4.74 Å². The molecule has 1 fully saturated rings. The molecule has 1 aromatic carbocycles. The van der Waals surface area contributed by atoms with Gasteiger partial charge in [0.25, 0.3) is 0 Å². The number of amides is 2. The normalized spacial score (nSPS) is 20.7. The Morgan fingerprint density at radius 3 is 2.67 bits per heavy atom. The number of carbonyl (C=O) groups excluding carboxylic acids is 2. The lowest BCUT2D eigenvalue weighted by Gasteiger charge is -2.17. The van der Waals surface area contributed by atoms with E-state index in [2.05, 4.69) is 5.32 Å². The van der Waals surface area contributed by atoms with E-state index in [1.54, 1.807) is 6.07 Å². The summed E-state index contributed by atoms with van der Waals surface area (Å²) >= 11 is 0. The molecule has 1 saturated heterocycles. The number of halogens is 1. The van der Waals surface area contributed by atoms with Crippen molar-refractivity contribution < 1.29 is 18.7 Å². The van der Waals surface area contributed by atoms with Crippen molar-refractivity contribution in [1.82, 2.24) is 5.32 Å². The SMILES string of the molecule is COc1ccc(C(C)C2CC(=O)NC2=O)cc1F. The van der Waals surface area contributed by atoms with Crippen LogP contribution in [0.2, 0.25) is 0 Å². The highest BCUT2D eigenvalue weighted by Crippen LogP contribution is 2.31. The summed E-state index contributed by atoms with van der Waals surface area (Å²) in [6, 6.07) is 4.58. The number of ether oxygens (including phenoxy) is 1. The van der Waals surface area contributed by atoms with Gasteiger partial charge in [-0.05, 0) is 23.6 Å². The van der Waals surface area contributed by atoms with Crippen molar-refractivity contribution in [3.8, 4) is 5.75 Å². The van der Waals surface area contributed by atoms with Crippen LogP contribution in [0.3, 0.4) is 0 Å². The fraction of sp³-hybridized carbons (Fsp3) is 0.385. The maximum absolute atomic E-state index is 13.6. The average Bonchev–Trinajstić information content (AvgIpc) is 2.67. The van der Waals surface area contributed by atoms with Gasteiger partial charge in [0, 0.05) is 6.42 Å². The molecule has 0 aromatic heterocycles. The van der Waals surface area contributed by atoms with Crippen LogP contribution >= 0.6 is 0 Å². The zero-order chi connectivity index (χ0) is 13.3. The fourth-order valence-corrected chi connectivity index (χ4v) is 2.18. The van der Waals surface area contributed by atoms with Crippen LogP contribution in [-0.2, 0) is 9.59 Å². The Labute approximate surface area is 104 Å². The Hall–Kier alpha value is -1.91. The van der Waals surface area contributed by atoms with Gasteiger partial charge in [0.1, 0.15) is 0 Å². The van der Waals surface area contributed by atoms with Gasteiger partial charge >= 0.3 is 0 Å². The monoisotopic (exact) mass is 251 g/mol.